The molecule has 0 amide bonds. The van der Waals surface area contributed by atoms with Gasteiger partial charge in [-0.25, -0.2) is 4.79 Å². The van der Waals surface area contributed by atoms with E-state index in [2.05, 4.69) is 4.98 Å². The lowest BCUT2D eigenvalue weighted by molar-refractivity contribution is -0.141. The molecule has 3 rings (SSSR count). The monoisotopic (exact) mass is 397 g/mol. The van der Waals surface area contributed by atoms with Crippen molar-refractivity contribution >= 4 is 28.7 Å². The zero-order chi connectivity index (χ0) is 21.3. The molecule has 152 valence electrons. The predicted molar refractivity (Wildman–Crippen MR) is 106 cm³/mol. The lowest BCUT2D eigenvalue weighted by atomic mass is 10.0. The van der Waals surface area contributed by atoms with E-state index in [1.807, 2.05) is 26.0 Å². The van der Waals surface area contributed by atoms with Crippen molar-refractivity contribution in [2.75, 3.05) is 13.7 Å². The van der Waals surface area contributed by atoms with E-state index in [-0.39, 0.29) is 12.1 Å². The summed E-state index contributed by atoms with van der Waals surface area (Å²) in [5.74, 6) is -1.48. The number of ether oxygens (including phenoxy) is 2. The van der Waals surface area contributed by atoms with Gasteiger partial charge in [-0.05, 0) is 56.5 Å². The molecule has 0 aliphatic carbocycles. The summed E-state index contributed by atoms with van der Waals surface area (Å²) in [4.78, 5) is 39.4. The number of aryl methyl sites for hydroxylation is 3. The van der Waals surface area contributed by atoms with E-state index in [1.165, 1.54) is 13.4 Å². The smallest absolute Gasteiger partial charge is 0.339 e. The molecule has 7 nitrogen and oxygen atoms in total. The van der Waals surface area contributed by atoms with Crippen molar-refractivity contribution in [2.45, 2.75) is 34.1 Å². The zero-order valence-electron chi connectivity index (χ0n) is 17.1. The SMILES string of the molecule is COC(=O)c1c(C)[nH]c(C(=O)COC(=O)Cc2coc3cc(C)c(C)cc23)c1C. The molecule has 0 unspecified atom stereocenters. The summed E-state index contributed by atoms with van der Waals surface area (Å²) in [6.07, 6.45) is 1.53. The summed E-state index contributed by atoms with van der Waals surface area (Å²) >= 11 is 0. The predicted octanol–water partition coefficient (Wildman–Crippen LogP) is 3.75. The van der Waals surface area contributed by atoms with Crippen LogP contribution < -0.4 is 0 Å². The first-order valence-corrected chi connectivity index (χ1v) is 9.16. The summed E-state index contributed by atoms with van der Waals surface area (Å²) in [7, 11) is 1.28. The fourth-order valence-electron chi connectivity index (χ4n) is 3.33. The number of hydrogen-bond donors (Lipinski definition) is 1. The Balaban J connectivity index is 1.68. The van der Waals surface area contributed by atoms with E-state index >= 15 is 0 Å². The molecule has 0 aliphatic rings. The number of carbonyl (C=O) groups is 3. The molecule has 0 spiro atoms. The number of rotatable bonds is 6. The average Bonchev–Trinajstić information content (AvgIpc) is 3.19. The minimum absolute atomic E-state index is 0.00106. The third kappa shape index (κ3) is 3.94. The largest absolute Gasteiger partial charge is 0.465 e. The quantitative estimate of drug-likeness (QED) is 0.502. The van der Waals surface area contributed by atoms with Gasteiger partial charge < -0.3 is 18.9 Å². The number of hydrogen-bond acceptors (Lipinski definition) is 6. The maximum Gasteiger partial charge on any atom is 0.339 e. The Morgan fingerprint density at radius 3 is 2.45 bits per heavy atom. The third-order valence-corrected chi connectivity index (χ3v) is 5.07. The van der Waals surface area contributed by atoms with Gasteiger partial charge in [-0.1, -0.05) is 0 Å². The van der Waals surface area contributed by atoms with Crippen LogP contribution in [0.5, 0.6) is 0 Å². The van der Waals surface area contributed by atoms with Gasteiger partial charge in [0, 0.05) is 16.6 Å². The highest BCUT2D eigenvalue weighted by molar-refractivity contribution is 6.02. The van der Waals surface area contributed by atoms with Crippen LogP contribution in [0.15, 0.2) is 22.8 Å². The summed E-state index contributed by atoms with van der Waals surface area (Å²) in [6, 6.07) is 3.90. The normalized spacial score (nSPS) is 10.9. The first-order chi connectivity index (χ1) is 13.7. The van der Waals surface area contributed by atoms with Gasteiger partial charge in [-0.2, -0.15) is 0 Å². The van der Waals surface area contributed by atoms with E-state index in [0.29, 0.717) is 28.0 Å². The van der Waals surface area contributed by atoms with Gasteiger partial charge in [0.25, 0.3) is 0 Å². The topological polar surface area (TPSA) is 98.6 Å². The van der Waals surface area contributed by atoms with Gasteiger partial charge in [0.05, 0.1) is 31.1 Å². The number of aromatic nitrogens is 1. The Morgan fingerprint density at radius 1 is 1.07 bits per heavy atom. The van der Waals surface area contributed by atoms with Crippen LogP contribution in [0, 0.1) is 27.7 Å². The highest BCUT2D eigenvalue weighted by Gasteiger charge is 2.23. The molecule has 0 aliphatic heterocycles. The number of aromatic amines is 1. The Hall–Kier alpha value is -3.35. The molecule has 1 N–H and O–H groups in total. The Labute approximate surface area is 168 Å². The number of methoxy groups -OCH3 is 1. The lowest BCUT2D eigenvalue weighted by Gasteiger charge is -2.05. The van der Waals surface area contributed by atoms with Crippen LogP contribution in [0.25, 0.3) is 11.0 Å². The first-order valence-electron chi connectivity index (χ1n) is 9.16. The van der Waals surface area contributed by atoms with Crippen molar-refractivity contribution in [3.8, 4) is 0 Å². The Bertz CT molecular complexity index is 1120. The maximum atomic E-state index is 12.5. The van der Waals surface area contributed by atoms with E-state index < -0.39 is 24.3 Å². The second-order valence-corrected chi connectivity index (χ2v) is 7.07. The van der Waals surface area contributed by atoms with Gasteiger partial charge in [0.15, 0.2) is 6.61 Å². The molecule has 29 heavy (non-hydrogen) atoms. The van der Waals surface area contributed by atoms with E-state index in [0.717, 1.165) is 16.5 Å². The van der Waals surface area contributed by atoms with Crippen molar-refractivity contribution < 1.29 is 28.3 Å². The van der Waals surface area contributed by atoms with Crippen LogP contribution in [-0.4, -0.2) is 36.4 Å². The number of Topliss-reactive ketones (excluding diaryl/α,β-unsaturated/α-hetero) is 1. The summed E-state index contributed by atoms with van der Waals surface area (Å²) < 4.78 is 15.4. The molecule has 0 bridgehead atoms. The zero-order valence-corrected chi connectivity index (χ0v) is 17.1. The summed E-state index contributed by atoms with van der Waals surface area (Å²) in [5.41, 5.74) is 5.17. The molecule has 0 radical (unpaired) electrons. The Morgan fingerprint density at radius 2 is 1.76 bits per heavy atom. The first kappa shape index (κ1) is 20.4. The van der Waals surface area contributed by atoms with Crippen molar-refractivity contribution in [3.05, 3.63) is 57.6 Å². The number of benzene rings is 1. The summed E-state index contributed by atoms with van der Waals surface area (Å²) in [5, 5.41) is 0.856. The molecule has 0 saturated heterocycles. The molecular formula is C22H23NO6. The standard InChI is InChI=1S/C22H23NO6/c1-11-6-16-15(9-28-18(16)7-12(11)2)8-19(25)29-10-17(24)21-13(3)20(14(4)23-21)22(26)27-5/h6-7,9,23H,8,10H2,1-5H3. The van der Waals surface area contributed by atoms with Gasteiger partial charge in [0.1, 0.15) is 5.58 Å². The van der Waals surface area contributed by atoms with E-state index in [9.17, 15) is 14.4 Å². The van der Waals surface area contributed by atoms with Crippen molar-refractivity contribution in [3.63, 3.8) is 0 Å². The molecule has 2 aromatic heterocycles. The molecular weight excluding hydrogens is 374 g/mol. The van der Waals surface area contributed by atoms with Crippen LogP contribution in [0.2, 0.25) is 0 Å². The number of furan rings is 1. The molecule has 1 aromatic carbocycles. The molecule has 0 atom stereocenters. The van der Waals surface area contributed by atoms with Crippen molar-refractivity contribution in [1.82, 2.24) is 4.98 Å². The van der Waals surface area contributed by atoms with Crippen LogP contribution >= 0.6 is 0 Å². The van der Waals surface area contributed by atoms with Crippen LogP contribution in [0.3, 0.4) is 0 Å². The highest BCUT2D eigenvalue weighted by atomic mass is 16.5. The van der Waals surface area contributed by atoms with E-state index in [4.69, 9.17) is 13.9 Å². The van der Waals surface area contributed by atoms with Crippen LogP contribution in [-0.2, 0) is 20.7 Å². The minimum Gasteiger partial charge on any atom is -0.465 e. The average molecular weight is 397 g/mol. The fourth-order valence-corrected chi connectivity index (χ4v) is 3.33. The molecule has 0 fully saturated rings. The Kier molecular flexibility index (Phi) is 5.59. The lowest BCUT2D eigenvalue weighted by Crippen LogP contribution is -2.16. The van der Waals surface area contributed by atoms with Crippen LogP contribution in [0.4, 0.5) is 0 Å². The third-order valence-electron chi connectivity index (χ3n) is 5.07. The number of ketones is 1. The second-order valence-electron chi connectivity index (χ2n) is 7.07. The van der Waals surface area contributed by atoms with Gasteiger partial charge >= 0.3 is 11.9 Å². The number of carbonyl (C=O) groups excluding carboxylic acids is 3. The highest BCUT2D eigenvalue weighted by Crippen LogP contribution is 2.25. The number of esters is 2. The molecule has 3 aromatic rings. The van der Waals surface area contributed by atoms with Crippen molar-refractivity contribution in [2.24, 2.45) is 0 Å². The van der Waals surface area contributed by atoms with E-state index in [1.54, 1.807) is 13.8 Å². The number of fused-ring (bicyclic) bond motifs is 1. The minimum atomic E-state index is -0.534. The summed E-state index contributed by atoms with van der Waals surface area (Å²) in [6.45, 7) is 6.88. The molecule has 7 heteroatoms. The van der Waals surface area contributed by atoms with Gasteiger partial charge in [0.2, 0.25) is 5.78 Å². The number of H-pyrrole nitrogens is 1. The van der Waals surface area contributed by atoms with Gasteiger partial charge in [-0.15, -0.1) is 0 Å². The van der Waals surface area contributed by atoms with Crippen molar-refractivity contribution in [1.29, 1.82) is 0 Å². The number of nitrogens with one attached hydrogen (secondary N) is 1. The molecule has 2 heterocycles. The fraction of sp³-hybridized carbons (Fsp3) is 0.318. The molecule has 0 saturated carbocycles. The maximum absolute atomic E-state index is 12.5. The second kappa shape index (κ2) is 7.95. The van der Waals surface area contributed by atoms with Crippen LogP contribution in [0.1, 0.15) is 48.8 Å². The van der Waals surface area contributed by atoms with Gasteiger partial charge in [-0.3, -0.25) is 9.59 Å².